The lowest BCUT2D eigenvalue weighted by Crippen LogP contribution is -2.13. The number of rotatable bonds is 3. The van der Waals surface area contributed by atoms with E-state index in [4.69, 9.17) is 15.7 Å². The normalized spacial score (nSPS) is 9.76. The lowest BCUT2D eigenvalue weighted by atomic mass is 10.1. The van der Waals surface area contributed by atoms with Crippen LogP contribution in [-0.4, -0.2) is 13.0 Å². The van der Waals surface area contributed by atoms with Gasteiger partial charge in [-0.1, -0.05) is 0 Å². The molecule has 0 saturated carbocycles. The number of amides is 1. The van der Waals surface area contributed by atoms with E-state index in [1.165, 1.54) is 25.3 Å². The molecular weight excluding hydrogens is 273 g/mol. The number of nitriles is 1. The molecule has 1 amide bonds. The maximum Gasteiger partial charge on any atom is 0.255 e. The number of hydrogen-bond donors (Lipinski definition) is 2. The molecule has 2 aromatic rings. The van der Waals surface area contributed by atoms with Crippen LogP contribution in [0.25, 0.3) is 0 Å². The largest absolute Gasteiger partial charge is 0.495 e. The molecule has 2 aromatic carbocycles. The molecule has 21 heavy (non-hydrogen) atoms. The van der Waals surface area contributed by atoms with Crippen molar-refractivity contribution in [3.05, 3.63) is 53.3 Å². The van der Waals surface area contributed by atoms with E-state index in [0.717, 1.165) is 6.07 Å². The number of halogens is 1. The van der Waals surface area contributed by atoms with E-state index in [9.17, 15) is 9.18 Å². The molecular formula is C15H12FN3O2. The Kier molecular flexibility index (Phi) is 4.05. The lowest BCUT2D eigenvalue weighted by Gasteiger charge is -2.10. The third kappa shape index (κ3) is 3.09. The van der Waals surface area contributed by atoms with Crippen LogP contribution < -0.4 is 15.8 Å². The van der Waals surface area contributed by atoms with Gasteiger partial charge in [-0.25, -0.2) is 4.39 Å². The van der Waals surface area contributed by atoms with Crippen molar-refractivity contribution in [2.45, 2.75) is 0 Å². The zero-order valence-electron chi connectivity index (χ0n) is 11.2. The van der Waals surface area contributed by atoms with Crippen LogP contribution in [0, 0.1) is 17.1 Å². The smallest absolute Gasteiger partial charge is 0.255 e. The Hall–Kier alpha value is -3.07. The van der Waals surface area contributed by atoms with E-state index in [0.29, 0.717) is 17.0 Å². The maximum absolute atomic E-state index is 13.1. The zero-order valence-corrected chi connectivity index (χ0v) is 11.2. The van der Waals surface area contributed by atoms with Gasteiger partial charge in [0.05, 0.1) is 30.1 Å². The van der Waals surface area contributed by atoms with Crippen molar-refractivity contribution in [3.63, 3.8) is 0 Å². The summed E-state index contributed by atoms with van der Waals surface area (Å²) in [5, 5.41) is 11.4. The van der Waals surface area contributed by atoms with Crippen molar-refractivity contribution in [1.82, 2.24) is 0 Å². The monoisotopic (exact) mass is 285 g/mol. The number of hydrogen-bond acceptors (Lipinski definition) is 4. The molecule has 106 valence electrons. The fraction of sp³-hybridized carbons (Fsp3) is 0.0667. The Morgan fingerprint density at radius 1 is 1.33 bits per heavy atom. The van der Waals surface area contributed by atoms with Crippen LogP contribution in [0.5, 0.6) is 5.75 Å². The van der Waals surface area contributed by atoms with Crippen molar-refractivity contribution >= 4 is 17.3 Å². The summed E-state index contributed by atoms with van der Waals surface area (Å²) in [6.07, 6.45) is 0. The van der Waals surface area contributed by atoms with E-state index >= 15 is 0 Å². The minimum atomic E-state index is -0.581. The first-order valence-corrected chi connectivity index (χ1v) is 5.99. The van der Waals surface area contributed by atoms with Gasteiger partial charge in [-0.05, 0) is 30.3 Å². The Morgan fingerprint density at radius 3 is 2.71 bits per heavy atom. The van der Waals surface area contributed by atoms with Gasteiger partial charge >= 0.3 is 0 Å². The summed E-state index contributed by atoms with van der Waals surface area (Å²) in [5.74, 6) is -0.676. The topological polar surface area (TPSA) is 88.1 Å². The highest BCUT2D eigenvalue weighted by molar-refractivity contribution is 6.05. The SMILES string of the molecule is COc1cc(C#N)ccc1NC(=O)c1ccc(F)c(N)c1. The van der Waals surface area contributed by atoms with Gasteiger partial charge in [0, 0.05) is 11.6 Å². The molecule has 0 aliphatic carbocycles. The summed E-state index contributed by atoms with van der Waals surface area (Å²) in [5.41, 5.74) is 6.37. The van der Waals surface area contributed by atoms with Crippen LogP contribution in [0.3, 0.4) is 0 Å². The number of nitrogens with two attached hydrogens (primary N) is 1. The predicted octanol–water partition coefficient (Wildman–Crippen LogP) is 2.54. The molecule has 5 nitrogen and oxygen atoms in total. The Balaban J connectivity index is 2.27. The predicted molar refractivity (Wildman–Crippen MR) is 76.5 cm³/mol. The number of nitrogens with one attached hydrogen (secondary N) is 1. The number of nitrogens with zero attached hydrogens (tertiary/aromatic N) is 1. The average molecular weight is 285 g/mol. The van der Waals surface area contributed by atoms with Crippen LogP contribution in [0.4, 0.5) is 15.8 Å². The van der Waals surface area contributed by atoms with Gasteiger partial charge in [0.25, 0.3) is 5.91 Å². The fourth-order valence-corrected chi connectivity index (χ4v) is 1.74. The van der Waals surface area contributed by atoms with Crippen molar-refractivity contribution < 1.29 is 13.9 Å². The molecule has 0 spiro atoms. The third-order valence-electron chi connectivity index (χ3n) is 2.84. The Morgan fingerprint density at radius 2 is 2.10 bits per heavy atom. The fourth-order valence-electron chi connectivity index (χ4n) is 1.74. The summed E-state index contributed by atoms with van der Waals surface area (Å²) in [7, 11) is 1.43. The molecule has 0 unspecified atom stereocenters. The molecule has 0 atom stereocenters. The van der Waals surface area contributed by atoms with Gasteiger partial charge in [-0.3, -0.25) is 4.79 Å². The standard InChI is InChI=1S/C15H12FN3O2/c1-21-14-6-9(8-17)2-5-13(14)19-15(20)10-3-4-11(16)12(18)7-10/h2-7H,18H2,1H3,(H,19,20). The molecule has 3 N–H and O–H groups in total. The van der Waals surface area contributed by atoms with Crippen LogP contribution in [0.15, 0.2) is 36.4 Å². The molecule has 0 saturated heterocycles. The summed E-state index contributed by atoms with van der Waals surface area (Å²) in [4.78, 5) is 12.1. The molecule has 0 heterocycles. The van der Waals surface area contributed by atoms with Crippen molar-refractivity contribution in [1.29, 1.82) is 5.26 Å². The van der Waals surface area contributed by atoms with Gasteiger partial charge in [0.1, 0.15) is 11.6 Å². The number of benzene rings is 2. The first-order chi connectivity index (χ1) is 10.0. The second-order valence-corrected chi connectivity index (χ2v) is 4.22. The number of ether oxygens (including phenoxy) is 1. The molecule has 0 aliphatic rings. The van der Waals surface area contributed by atoms with Crippen molar-refractivity contribution in [3.8, 4) is 11.8 Å². The van der Waals surface area contributed by atoms with Gasteiger partial charge in [0.15, 0.2) is 0 Å². The van der Waals surface area contributed by atoms with Crippen LogP contribution in [-0.2, 0) is 0 Å². The van der Waals surface area contributed by atoms with Crippen molar-refractivity contribution in [2.75, 3.05) is 18.2 Å². The zero-order chi connectivity index (χ0) is 15.4. The van der Waals surface area contributed by atoms with Crippen molar-refractivity contribution in [2.24, 2.45) is 0 Å². The van der Waals surface area contributed by atoms with E-state index in [1.807, 2.05) is 6.07 Å². The minimum Gasteiger partial charge on any atom is -0.495 e. The summed E-state index contributed by atoms with van der Waals surface area (Å²) >= 11 is 0. The van der Waals surface area contributed by atoms with E-state index in [-0.39, 0.29) is 11.3 Å². The molecule has 0 bridgehead atoms. The number of nitrogen functional groups attached to an aromatic ring is 1. The van der Waals surface area contributed by atoms with Gasteiger partial charge in [0.2, 0.25) is 0 Å². The maximum atomic E-state index is 13.1. The molecule has 0 aliphatic heterocycles. The number of anilines is 2. The van der Waals surface area contributed by atoms with Gasteiger partial charge in [-0.15, -0.1) is 0 Å². The van der Waals surface area contributed by atoms with Gasteiger partial charge < -0.3 is 15.8 Å². The third-order valence-corrected chi connectivity index (χ3v) is 2.84. The molecule has 0 radical (unpaired) electrons. The number of methoxy groups -OCH3 is 1. The molecule has 0 aromatic heterocycles. The first-order valence-electron chi connectivity index (χ1n) is 5.99. The summed E-state index contributed by atoms with van der Waals surface area (Å²) in [6.45, 7) is 0. The first kappa shape index (κ1) is 14.3. The van der Waals surface area contributed by atoms with E-state index in [2.05, 4.69) is 5.32 Å². The Labute approximate surface area is 120 Å². The highest BCUT2D eigenvalue weighted by atomic mass is 19.1. The second kappa shape index (κ2) is 5.92. The van der Waals surface area contributed by atoms with Crippen LogP contribution in [0.1, 0.15) is 15.9 Å². The molecule has 6 heteroatoms. The second-order valence-electron chi connectivity index (χ2n) is 4.22. The Bertz CT molecular complexity index is 738. The van der Waals surface area contributed by atoms with Gasteiger partial charge in [-0.2, -0.15) is 5.26 Å². The summed E-state index contributed by atoms with van der Waals surface area (Å²) < 4.78 is 18.2. The van der Waals surface area contributed by atoms with E-state index < -0.39 is 11.7 Å². The number of carbonyl (C=O) groups is 1. The lowest BCUT2D eigenvalue weighted by molar-refractivity contribution is 0.102. The van der Waals surface area contributed by atoms with Crippen LogP contribution >= 0.6 is 0 Å². The van der Waals surface area contributed by atoms with Crippen LogP contribution in [0.2, 0.25) is 0 Å². The summed E-state index contributed by atoms with van der Waals surface area (Å²) in [6, 6.07) is 10.3. The highest BCUT2D eigenvalue weighted by Gasteiger charge is 2.12. The highest BCUT2D eigenvalue weighted by Crippen LogP contribution is 2.26. The molecule has 0 fully saturated rings. The quantitative estimate of drug-likeness (QED) is 0.848. The van der Waals surface area contributed by atoms with E-state index in [1.54, 1.807) is 12.1 Å². The average Bonchev–Trinajstić information content (AvgIpc) is 2.50. The number of carbonyl (C=O) groups excluding carboxylic acids is 1. The minimum absolute atomic E-state index is 0.102. The molecule has 2 rings (SSSR count).